The summed E-state index contributed by atoms with van der Waals surface area (Å²) in [6, 6.07) is 17.0. The summed E-state index contributed by atoms with van der Waals surface area (Å²) in [7, 11) is 0. The minimum atomic E-state index is -0.282. The number of nitrogens with zero attached hydrogens (tertiary/aromatic N) is 1. The molecule has 1 aliphatic heterocycles. The van der Waals surface area contributed by atoms with Crippen molar-refractivity contribution in [3.05, 3.63) is 65.7 Å². The van der Waals surface area contributed by atoms with Gasteiger partial charge in [0.15, 0.2) is 11.5 Å². The molecule has 3 aromatic rings. The Hall–Kier alpha value is -3.54. The van der Waals surface area contributed by atoms with Gasteiger partial charge < -0.3 is 14.2 Å². The number of hydrazone groups is 1. The maximum atomic E-state index is 12.4. The fourth-order valence-corrected chi connectivity index (χ4v) is 2.88. The lowest BCUT2D eigenvalue weighted by molar-refractivity contribution is 0.0955. The quantitative estimate of drug-likeness (QED) is 0.555. The van der Waals surface area contributed by atoms with Gasteiger partial charge in [-0.25, -0.2) is 5.43 Å². The van der Waals surface area contributed by atoms with Crippen molar-refractivity contribution >= 4 is 22.9 Å². The summed E-state index contributed by atoms with van der Waals surface area (Å²) in [5, 5.41) is 6.15. The molecule has 0 fully saturated rings. The molecule has 0 radical (unpaired) electrons. The van der Waals surface area contributed by atoms with E-state index in [4.69, 9.17) is 14.2 Å². The van der Waals surface area contributed by atoms with Crippen molar-refractivity contribution in [1.82, 2.24) is 5.43 Å². The highest BCUT2D eigenvalue weighted by molar-refractivity contribution is 5.99. The summed E-state index contributed by atoms with van der Waals surface area (Å²) in [6.45, 7) is 2.58. The van der Waals surface area contributed by atoms with E-state index in [1.807, 2.05) is 43.3 Å². The van der Waals surface area contributed by atoms with E-state index >= 15 is 0 Å². The molecule has 3 aromatic carbocycles. The Balaban J connectivity index is 1.52. The first-order valence-electron chi connectivity index (χ1n) is 8.63. The lowest BCUT2D eigenvalue weighted by Gasteiger charge is -2.08. The molecule has 1 N–H and O–H groups in total. The first-order chi connectivity index (χ1) is 13.2. The fourth-order valence-electron chi connectivity index (χ4n) is 2.88. The zero-order chi connectivity index (χ0) is 18.6. The first kappa shape index (κ1) is 16.9. The number of ether oxygens (including phenoxy) is 3. The van der Waals surface area contributed by atoms with Gasteiger partial charge in [-0.05, 0) is 35.9 Å². The Labute approximate surface area is 156 Å². The summed E-state index contributed by atoms with van der Waals surface area (Å²) < 4.78 is 16.4. The summed E-state index contributed by atoms with van der Waals surface area (Å²) in [4.78, 5) is 12.4. The van der Waals surface area contributed by atoms with Crippen molar-refractivity contribution < 1.29 is 19.0 Å². The van der Waals surface area contributed by atoms with E-state index in [1.165, 1.54) is 6.21 Å². The predicted octanol–water partition coefficient (Wildman–Crippen LogP) is 3.73. The van der Waals surface area contributed by atoms with Crippen LogP contribution in [0.25, 0.3) is 10.8 Å². The van der Waals surface area contributed by atoms with E-state index in [-0.39, 0.29) is 12.7 Å². The van der Waals surface area contributed by atoms with Crippen molar-refractivity contribution in [2.24, 2.45) is 5.10 Å². The minimum absolute atomic E-state index is 0.181. The molecule has 4 rings (SSSR count). The lowest BCUT2D eigenvalue weighted by atomic mass is 10.1. The van der Waals surface area contributed by atoms with Gasteiger partial charge in [0.25, 0.3) is 5.91 Å². The minimum Gasteiger partial charge on any atom is -0.493 e. The maximum Gasteiger partial charge on any atom is 0.271 e. The van der Waals surface area contributed by atoms with E-state index in [2.05, 4.69) is 10.5 Å². The summed E-state index contributed by atoms with van der Waals surface area (Å²) in [6.07, 6.45) is 1.53. The number of carbonyl (C=O) groups is 1. The van der Waals surface area contributed by atoms with Crippen molar-refractivity contribution in [1.29, 1.82) is 0 Å². The van der Waals surface area contributed by atoms with Crippen LogP contribution in [0.2, 0.25) is 0 Å². The number of carbonyl (C=O) groups excluding carboxylic acids is 1. The van der Waals surface area contributed by atoms with Crippen LogP contribution in [0.1, 0.15) is 22.8 Å². The van der Waals surface area contributed by atoms with Gasteiger partial charge in [-0.3, -0.25) is 4.79 Å². The van der Waals surface area contributed by atoms with Crippen LogP contribution in [-0.2, 0) is 0 Å². The number of amides is 1. The van der Waals surface area contributed by atoms with E-state index in [0.717, 1.165) is 10.8 Å². The molecule has 0 aliphatic carbocycles. The number of fused-ring (bicyclic) bond motifs is 2. The second-order valence-corrected chi connectivity index (χ2v) is 5.94. The largest absolute Gasteiger partial charge is 0.493 e. The average molecular weight is 362 g/mol. The van der Waals surface area contributed by atoms with Gasteiger partial charge in [-0.2, -0.15) is 5.10 Å². The number of hydrogen-bond donors (Lipinski definition) is 1. The lowest BCUT2D eigenvalue weighted by Crippen LogP contribution is -2.17. The average Bonchev–Trinajstić information content (AvgIpc) is 3.15. The van der Waals surface area contributed by atoms with Crippen LogP contribution in [0, 0.1) is 0 Å². The van der Waals surface area contributed by atoms with Crippen LogP contribution in [0.5, 0.6) is 17.2 Å². The molecule has 0 spiro atoms. The SMILES string of the molecule is CCOc1cc2c(cc1/C=N/NC(=O)c1ccc3ccccc3c1)OCO2. The van der Waals surface area contributed by atoms with E-state index in [1.54, 1.807) is 18.2 Å². The van der Waals surface area contributed by atoms with Crippen molar-refractivity contribution in [3.63, 3.8) is 0 Å². The van der Waals surface area contributed by atoms with E-state index < -0.39 is 0 Å². The van der Waals surface area contributed by atoms with Gasteiger partial charge >= 0.3 is 0 Å². The summed E-state index contributed by atoms with van der Waals surface area (Å²) in [5.74, 6) is 1.60. The molecular formula is C21H18N2O4. The van der Waals surface area contributed by atoms with Crippen LogP contribution in [0.15, 0.2) is 59.7 Å². The molecule has 0 saturated heterocycles. The normalized spacial score (nSPS) is 12.5. The number of rotatable bonds is 5. The van der Waals surface area contributed by atoms with Gasteiger partial charge in [0.2, 0.25) is 6.79 Å². The third-order valence-corrected chi connectivity index (χ3v) is 4.19. The summed E-state index contributed by atoms with van der Waals surface area (Å²) in [5.41, 5.74) is 3.79. The first-order valence-corrected chi connectivity index (χ1v) is 8.63. The van der Waals surface area contributed by atoms with Gasteiger partial charge in [0.05, 0.1) is 12.8 Å². The Bertz CT molecular complexity index is 1030. The standard InChI is InChI=1S/C21H18N2O4/c1-2-25-18-11-20-19(26-13-27-20)10-17(18)12-22-23-21(24)16-8-7-14-5-3-4-6-15(14)9-16/h3-12H,2,13H2,1H3,(H,23,24)/b22-12+. The topological polar surface area (TPSA) is 69.2 Å². The number of benzene rings is 3. The molecule has 1 heterocycles. The van der Waals surface area contributed by atoms with Gasteiger partial charge in [-0.1, -0.05) is 30.3 Å². The fraction of sp³-hybridized carbons (Fsp3) is 0.143. The zero-order valence-corrected chi connectivity index (χ0v) is 14.8. The van der Waals surface area contributed by atoms with Crippen LogP contribution in [-0.4, -0.2) is 25.5 Å². The Morgan fingerprint density at radius 3 is 2.70 bits per heavy atom. The van der Waals surface area contributed by atoms with E-state index in [0.29, 0.717) is 35.0 Å². The second-order valence-electron chi connectivity index (χ2n) is 5.94. The summed E-state index contributed by atoms with van der Waals surface area (Å²) >= 11 is 0. The molecule has 0 aromatic heterocycles. The monoisotopic (exact) mass is 362 g/mol. The Morgan fingerprint density at radius 2 is 1.89 bits per heavy atom. The van der Waals surface area contributed by atoms with Gasteiger partial charge in [-0.15, -0.1) is 0 Å². The molecule has 0 unspecified atom stereocenters. The Kier molecular flexibility index (Phi) is 4.61. The second kappa shape index (κ2) is 7.37. The highest BCUT2D eigenvalue weighted by Crippen LogP contribution is 2.37. The molecule has 0 atom stereocenters. The van der Waals surface area contributed by atoms with Crippen molar-refractivity contribution in [2.75, 3.05) is 13.4 Å². The molecule has 1 aliphatic rings. The van der Waals surface area contributed by atoms with E-state index in [9.17, 15) is 4.79 Å². The smallest absolute Gasteiger partial charge is 0.271 e. The van der Waals surface area contributed by atoms with Crippen LogP contribution in [0.3, 0.4) is 0 Å². The molecule has 6 nitrogen and oxygen atoms in total. The molecule has 136 valence electrons. The van der Waals surface area contributed by atoms with Crippen molar-refractivity contribution in [3.8, 4) is 17.2 Å². The molecule has 27 heavy (non-hydrogen) atoms. The van der Waals surface area contributed by atoms with Crippen LogP contribution >= 0.6 is 0 Å². The molecular weight excluding hydrogens is 344 g/mol. The highest BCUT2D eigenvalue weighted by atomic mass is 16.7. The highest BCUT2D eigenvalue weighted by Gasteiger charge is 2.17. The third-order valence-electron chi connectivity index (χ3n) is 4.19. The molecule has 0 bridgehead atoms. The maximum absolute atomic E-state index is 12.4. The van der Waals surface area contributed by atoms with Crippen molar-refractivity contribution in [2.45, 2.75) is 6.92 Å². The molecule has 1 amide bonds. The number of nitrogens with one attached hydrogen (secondary N) is 1. The zero-order valence-electron chi connectivity index (χ0n) is 14.8. The number of hydrogen-bond acceptors (Lipinski definition) is 5. The van der Waals surface area contributed by atoms with Crippen LogP contribution in [0.4, 0.5) is 0 Å². The Morgan fingerprint density at radius 1 is 1.11 bits per heavy atom. The van der Waals surface area contributed by atoms with Gasteiger partial charge in [0, 0.05) is 17.2 Å². The van der Waals surface area contributed by atoms with Crippen LogP contribution < -0.4 is 19.6 Å². The molecule has 0 saturated carbocycles. The molecule has 6 heteroatoms. The third kappa shape index (κ3) is 3.55. The van der Waals surface area contributed by atoms with Gasteiger partial charge in [0.1, 0.15) is 5.75 Å². The predicted molar refractivity (Wildman–Crippen MR) is 103 cm³/mol.